The summed E-state index contributed by atoms with van der Waals surface area (Å²) in [6.45, 7) is 11.6. The quantitative estimate of drug-likeness (QED) is 0.573. The first kappa shape index (κ1) is 23.9. The molecule has 2 fully saturated rings. The van der Waals surface area contributed by atoms with E-state index in [1.165, 1.54) is 0 Å². The van der Waals surface area contributed by atoms with Crippen molar-refractivity contribution in [1.29, 1.82) is 0 Å². The van der Waals surface area contributed by atoms with Gasteiger partial charge in [-0.2, -0.15) is 0 Å². The summed E-state index contributed by atoms with van der Waals surface area (Å²) >= 11 is 0. The van der Waals surface area contributed by atoms with Gasteiger partial charge in [-0.1, -0.05) is 32.9 Å². The topological polar surface area (TPSA) is 54.0 Å². The number of aromatic nitrogens is 2. The maximum atomic E-state index is 15.3. The Bertz CT molecular complexity index is 918. The number of hydrogen-bond acceptors (Lipinski definition) is 7. The third-order valence-electron chi connectivity index (χ3n) is 5.95. The number of halogens is 1. The van der Waals surface area contributed by atoms with Gasteiger partial charge in [0.25, 0.3) is 0 Å². The number of ether oxygens (including phenoxy) is 1. The summed E-state index contributed by atoms with van der Waals surface area (Å²) in [7, 11) is 2.07. The molecule has 4 rings (SSSR count). The maximum absolute atomic E-state index is 15.3. The monoisotopic (exact) mass is 471 g/mol. The molecule has 178 valence electrons. The van der Waals surface area contributed by atoms with Crippen molar-refractivity contribution < 1.29 is 13.6 Å². The summed E-state index contributed by atoms with van der Waals surface area (Å²) in [4.78, 5) is 15.7. The molecule has 0 aliphatic carbocycles. The van der Waals surface area contributed by atoms with Crippen LogP contribution in [-0.2, 0) is 15.8 Å². The molecule has 0 spiro atoms. The van der Waals surface area contributed by atoms with E-state index in [0.29, 0.717) is 27.6 Å². The van der Waals surface area contributed by atoms with Crippen molar-refractivity contribution in [1.82, 2.24) is 9.97 Å². The molecule has 2 radical (unpaired) electrons. The van der Waals surface area contributed by atoms with E-state index in [2.05, 4.69) is 45.4 Å². The van der Waals surface area contributed by atoms with Crippen LogP contribution in [0.3, 0.4) is 0 Å². The van der Waals surface area contributed by atoms with Gasteiger partial charge < -0.3 is 23.9 Å². The molecule has 2 aliphatic heterocycles. The molecule has 3 heterocycles. The maximum Gasteiger partial charge on any atom is 0.236 e. The van der Waals surface area contributed by atoms with Crippen molar-refractivity contribution in [3.05, 3.63) is 42.0 Å². The molecule has 0 atom stereocenters. The summed E-state index contributed by atoms with van der Waals surface area (Å²) < 4.78 is 26.4. The lowest BCUT2D eigenvalue weighted by Gasteiger charge is -2.38. The standard InChI is InChI=1S/C24H34FN5O2Si/c1-24(2,3)33-32-17-18-7-5-8-21(22(18)25)29-10-6-9-28(11-12-29)19-13-26-23(27-14-19)30-15-20(16-30)31-4/h5,7-8,13-14,20H,6,9-12,15-17H2,1-4H3. The fraction of sp³-hybridized carbons (Fsp3) is 0.583. The number of hydrogen-bond donors (Lipinski definition) is 0. The van der Waals surface area contributed by atoms with Crippen LogP contribution in [0.15, 0.2) is 30.6 Å². The Balaban J connectivity index is 1.36. The molecule has 0 N–H and O–H groups in total. The lowest BCUT2D eigenvalue weighted by molar-refractivity contribution is 0.0778. The Labute approximate surface area is 198 Å². The molecule has 33 heavy (non-hydrogen) atoms. The highest BCUT2D eigenvalue weighted by atomic mass is 28.2. The van der Waals surface area contributed by atoms with Crippen LogP contribution >= 0.6 is 0 Å². The molecule has 2 aromatic rings. The van der Waals surface area contributed by atoms with Gasteiger partial charge in [-0.25, -0.2) is 14.4 Å². The highest BCUT2D eigenvalue weighted by Crippen LogP contribution is 2.27. The Kier molecular flexibility index (Phi) is 7.50. The van der Waals surface area contributed by atoms with Gasteiger partial charge >= 0.3 is 0 Å². The minimum Gasteiger partial charge on any atom is -0.413 e. The summed E-state index contributed by atoms with van der Waals surface area (Å²) in [5.41, 5.74) is 2.29. The zero-order valence-electron chi connectivity index (χ0n) is 20.1. The molecule has 0 saturated carbocycles. The predicted molar refractivity (Wildman–Crippen MR) is 131 cm³/mol. The van der Waals surface area contributed by atoms with Crippen LogP contribution in [0.1, 0.15) is 32.8 Å². The molecule has 0 unspecified atom stereocenters. The minimum atomic E-state index is -0.166. The molecule has 1 aromatic carbocycles. The van der Waals surface area contributed by atoms with Crippen LogP contribution in [-0.4, -0.2) is 72.2 Å². The second-order valence-corrected chi connectivity index (χ2v) is 11.7. The first-order chi connectivity index (χ1) is 15.8. The Hall–Kier alpha value is -2.23. The van der Waals surface area contributed by atoms with E-state index in [-0.39, 0.29) is 17.0 Å². The van der Waals surface area contributed by atoms with E-state index >= 15 is 4.39 Å². The largest absolute Gasteiger partial charge is 0.413 e. The van der Waals surface area contributed by atoms with Gasteiger partial charge in [0.1, 0.15) is 0 Å². The highest BCUT2D eigenvalue weighted by molar-refractivity contribution is 6.31. The van der Waals surface area contributed by atoms with Gasteiger partial charge in [0.15, 0.2) is 5.82 Å². The molecule has 1 aromatic heterocycles. The van der Waals surface area contributed by atoms with E-state index in [4.69, 9.17) is 9.16 Å². The van der Waals surface area contributed by atoms with Gasteiger partial charge in [0, 0.05) is 51.9 Å². The third kappa shape index (κ3) is 6.02. The summed E-state index contributed by atoms with van der Waals surface area (Å²) in [6, 6.07) is 5.62. The highest BCUT2D eigenvalue weighted by Gasteiger charge is 2.28. The molecular formula is C24H34FN5O2Si. The first-order valence-electron chi connectivity index (χ1n) is 11.6. The average Bonchev–Trinajstić information content (AvgIpc) is 3.00. The number of anilines is 3. The van der Waals surface area contributed by atoms with Gasteiger partial charge in [0.2, 0.25) is 15.7 Å². The molecule has 0 amide bonds. The van der Waals surface area contributed by atoms with Crippen LogP contribution < -0.4 is 14.7 Å². The Morgan fingerprint density at radius 3 is 2.42 bits per heavy atom. The summed E-state index contributed by atoms with van der Waals surface area (Å²) in [5.74, 6) is 0.581. The zero-order chi connectivity index (χ0) is 23.4. The van der Waals surface area contributed by atoms with Gasteiger partial charge in [-0.15, -0.1) is 0 Å². The number of rotatable bonds is 7. The molecule has 0 bridgehead atoms. The molecule has 2 saturated heterocycles. The second-order valence-electron chi connectivity index (χ2n) is 9.72. The Morgan fingerprint density at radius 2 is 1.73 bits per heavy atom. The molecular weight excluding hydrogens is 437 g/mol. The van der Waals surface area contributed by atoms with Crippen LogP contribution in [0.2, 0.25) is 5.04 Å². The van der Waals surface area contributed by atoms with Crippen LogP contribution in [0.4, 0.5) is 21.7 Å². The fourth-order valence-electron chi connectivity index (χ4n) is 4.06. The number of nitrogens with zero attached hydrogens (tertiary/aromatic N) is 5. The van der Waals surface area contributed by atoms with Crippen molar-refractivity contribution in [3.63, 3.8) is 0 Å². The fourth-order valence-corrected chi connectivity index (χ4v) is 4.72. The molecule has 2 aliphatic rings. The van der Waals surface area contributed by atoms with Crippen molar-refractivity contribution in [2.24, 2.45) is 0 Å². The second kappa shape index (κ2) is 10.4. The van der Waals surface area contributed by atoms with Gasteiger partial charge in [0.05, 0.1) is 36.5 Å². The van der Waals surface area contributed by atoms with E-state index < -0.39 is 0 Å². The number of benzene rings is 1. The molecule has 9 heteroatoms. The van der Waals surface area contributed by atoms with Gasteiger partial charge in [-0.3, -0.25) is 0 Å². The normalized spacial score (nSPS) is 17.8. The first-order valence-corrected chi connectivity index (χ1v) is 12.5. The predicted octanol–water partition coefficient (Wildman–Crippen LogP) is 3.52. The van der Waals surface area contributed by atoms with Crippen molar-refractivity contribution in [3.8, 4) is 0 Å². The smallest absolute Gasteiger partial charge is 0.236 e. The van der Waals surface area contributed by atoms with Crippen LogP contribution in [0, 0.1) is 5.82 Å². The molecule has 7 nitrogen and oxygen atoms in total. The van der Waals surface area contributed by atoms with E-state index in [1.807, 2.05) is 30.6 Å². The lowest BCUT2D eigenvalue weighted by atomic mass is 10.1. The summed E-state index contributed by atoms with van der Waals surface area (Å²) in [5, 5.41) is 0.0891. The average molecular weight is 472 g/mol. The van der Waals surface area contributed by atoms with Crippen molar-refractivity contribution >= 4 is 27.1 Å². The van der Waals surface area contributed by atoms with Crippen LogP contribution in [0.25, 0.3) is 0 Å². The van der Waals surface area contributed by atoms with E-state index in [9.17, 15) is 0 Å². The number of methoxy groups -OCH3 is 1. The summed E-state index contributed by atoms with van der Waals surface area (Å²) in [6.07, 6.45) is 5.00. The lowest BCUT2D eigenvalue weighted by Crippen LogP contribution is -2.52. The van der Waals surface area contributed by atoms with Crippen LogP contribution in [0.5, 0.6) is 0 Å². The zero-order valence-corrected chi connectivity index (χ0v) is 21.1. The van der Waals surface area contributed by atoms with Crippen molar-refractivity contribution in [2.75, 3.05) is 61.1 Å². The minimum absolute atomic E-state index is 0.0891. The Morgan fingerprint density at radius 1 is 1.03 bits per heavy atom. The van der Waals surface area contributed by atoms with Crippen molar-refractivity contribution in [2.45, 2.75) is 44.9 Å². The third-order valence-corrected chi connectivity index (χ3v) is 6.86. The van der Waals surface area contributed by atoms with Gasteiger partial charge in [-0.05, 0) is 17.5 Å². The van der Waals surface area contributed by atoms with E-state index in [0.717, 1.165) is 57.3 Å². The SMILES string of the molecule is COC1CN(c2ncc(N3CCCN(c4cccc(CO[Si]C(C)(C)C)c4F)CC3)cn2)C1. The van der Waals surface area contributed by atoms with E-state index in [1.54, 1.807) is 7.11 Å².